The first-order chi connectivity index (χ1) is 12.9. The standard InChI is InChI=1S/C20H22F3N3O/c21-20(22,23)14-4-5-16-17(12-14)24-9-6-18(16)26-10-7-13(8-11-26)19(27)25-15-2-1-3-15/h4-6,9,12-13,15H,1-3,7-8,10-11H2,(H,25,27). The fraction of sp³-hybridized carbons (Fsp3) is 0.500. The Bertz CT molecular complexity index is 840. The molecule has 0 unspecified atom stereocenters. The molecule has 4 nitrogen and oxygen atoms in total. The first-order valence-corrected chi connectivity index (χ1v) is 9.43. The van der Waals surface area contributed by atoms with Gasteiger partial charge in [-0.05, 0) is 50.3 Å². The molecule has 2 aliphatic rings. The zero-order chi connectivity index (χ0) is 19.0. The molecule has 7 heteroatoms. The van der Waals surface area contributed by atoms with Crippen LogP contribution in [-0.4, -0.2) is 30.0 Å². The third-order valence-electron chi connectivity index (χ3n) is 5.71. The molecule has 1 aromatic carbocycles. The Hall–Kier alpha value is -2.31. The van der Waals surface area contributed by atoms with Gasteiger partial charge < -0.3 is 10.2 Å². The summed E-state index contributed by atoms with van der Waals surface area (Å²) in [5.74, 6) is 0.167. The number of carbonyl (C=O) groups excluding carboxylic acids is 1. The molecule has 0 atom stereocenters. The summed E-state index contributed by atoms with van der Waals surface area (Å²) >= 11 is 0. The molecular weight excluding hydrogens is 355 g/mol. The second-order valence-corrected chi connectivity index (χ2v) is 7.46. The summed E-state index contributed by atoms with van der Waals surface area (Å²) < 4.78 is 38.8. The van der Waals surface area contributed by atoms with Gasteiger partial charge in [-0.2, -0.15) is 13.2 Å². The van der Waals surface area contributed by atoms with E-state index in [-0.39, 0.29) is 11.8 Å². The summed E-state index contributed by atoms with van der Waals surface area (Å²) in [5, 5.41) is 3.83. The van der Waals surface area contributed by atoms with Crippen LogP contribution in [0.3, 0.4) is 0 Å². The van der Waals surface area contributed by atoms with Gasteiger partial charge in [-0.25, -0.2) is 0 Å². The highest BCUT2D eigenvalue weighted by Gasteiger charge is 2.31. The normalized spacial score (nSPS) is 19.1. The van der Waals surface area contributed by atoms with E-state index in [4.69, 9.17) is 0 Å². The van der Waals surface area contributed by atoms with Gasteiger partial charge in [0.25, 0.3) is 0 Å². The molecule has 1 amide bonds. The van der Waals surface area contributed by atoms with Crippen LogP contribution >= 0.6 is 0 Å². The van der Waals surface area contributed by atoms with Crippen LogP contribution < -0.4 is 10.2 Å². The fourth-order valence-corrected chi connectivity index (χ4v) is 3.84. The summed E-state index contributed by atoms with van der Waals surface area (Å²) in [5.41, 5.74) is 0.532. The second-order valence-electron chi connectivity index (χ2n) is 7.46. The highest BCUT2D eigenvalue weighted by molar-refractivity contribution is 5.92. The lowest BCUT2D eigenvalue weighted by Gasteiger charge is -2.35. The van der Waals surface area contributed by atoms with E-state index < -0.39 is 11.7 Å². The molecule has 1 aliphatic carbocycles. The minimum atomic E-state index is -4.38. The first kappa shape index (κ1) is 18.1. The van der Waals surface area contributed by atoms with E-state index >= 15 is 0 Å². The van der Waals surface area contributed by atoms with E-state index in [0.717, 1.165) is 43.5 Å². The van der Waals surface area contributed by atoms with Crippen molar-refractivity contribution in [1.82, 2.24) is 10.3 Å². The van der Waals surface area contributed by atoms with E-state index in [9.17, 15) is 18.0 Å². The Kier molecular flexibility index (Phi) is 4.70. The zero-order valence-electron chi connectivity index (χ0n) is 14.9. The molecule has 1 N–H and O–H groups in total. The van der Waals surface area contributed by atoms with Crippen molar-refractivity contribution < 1.29 is 18.0 Å². The van der Waals surface area contributed by atoms with Gasteiger partial charge in [-0.15, -0.1) is 0 Å². The molecule has 1 aromatic heterocycles. The van der Waals surface area contributed by atoms with Crippen LogP contribution in [0.15, 0.2) is 30.5 Å². The van der Waals surface area contributed by atoms with Crippen LogP contribution in [-0.2, 0) is 11.0 Å². The van der Waals surface area contributed by atoms with E-state index in [0.29, 0.717) is 30.0 Å². The van der Waals surface area contributed by atoms with Crippen LogP contribution in [0.25, 0.3) is 10.9 Å². The third kappa shape index (κ3) is 3.73. The summed E-state index contributed by atoms with van der Waals surface area (Å²) in [4.78, 5) is 18.6. The van der Waals surface area contributed by atoms with E-state index in [2.05, 4.69) is 15.2 Å². The number of benzene rings is 1. The van der Waals surface area contributed by atoms with Gasteiger partial charge in [0, 0.05) is 42.3 Å². The van der Waals surface area contributed by atoms with E-state index in [1.54, 1.807) is 6.20 Å². The number of nitrogens with one attached hydrogen (secondary N) is 1. The molecule has 144 valence electrons. The molecule has 0 spiro atoms. The number of nitrogens with zero attached hydrogens (tertiary/aromatic N) is 2. The number of aromatic nitrogens is 1. The Morgan fingerprint density at radius 3 is 2.48 bits per heavy atom. The van der Waals surface area contributed by atoms with Crippen molar-refractivity contribution >= 4 is 22.5 Å². The van der Waals surface area contributed by atoms with Gasteiger partial charge in [-0.3, -0.25) is 9.78 Å². The van der Waals surface area contributed by atoms with Gasteiger partial charge in [0.15, 0.2) is 0 Å². The largest absolute Gasteiger partial charge is 0.416 e. The predicted molar refractivity (Wildman–Crippen MR) is 97.5 cm³/mol. The number of piperidine rings is 1. The van der Waals surface area contributed by atoms with Crippen molar-refractivity contribution in [2.24, 2.45) is 5.92 Å². The number of halogens is 3. The number of hydrogen-bond acceptors (Lipinski definition) is 3. The molecule has 1 saturated heterocycles. The minimum absolute atomic E-state index is 0.0202. The SMILES string of the molecule is O=C(NC1CCC1)C1CCN(c2ccnc3cc(C(F)(F)F)ccc23)CC1. The number of fused-ring (bicyclic) bond motifs is 1. The number of pyridine rings is 1. The van der Waals surface area contributed by atoms with Gasteiger partial charge >= 0.3 is 6.18 Å². The summed E-state index contributed by atoms with van der Waals surface area (Å²) in [6.45, 7) is 1.42. The topological polar surface area (TPSA) is 45.2 Å². The Morgan fingerprint density at radius 2 is 1.85 bits per heavy atom. The Labute approximate surface area is 155 Å². The summed E-state index contributed by atoms with van der Waals surface area (Å²) in [6, 6.07) is 5.88. The maximum Gasteiger partial charge on any atom is 0.416 e. The number of anilines is 1. The highest BCUT2D eigenvalue weighted by atomic mass is 19.4. The Morgan fingerprint density at radius 1 is 1.11 bits per heavy atom. The number of hydrogen-bond donors (Lipinski definition) is 1. The molecule has 2 aromatic rings. The number of amides is 1. The lowest BCUT2D eigenvalue weighted by Crippen LogP contribution is -2.46. The average Bonchev–Trinajstić information content (AvgIpc) is 2.63. The quantitative estimate of drug-likeness (QED) is 0.875. The number of rotatable bonds is 3. The van der Waals surface area contributed by atoms with Crippen LogP contribution in [0.1, 0.15) is 37.7 Å². The predicted octanol–water partition coefficient (Wildman–Crippen LogP) is 4.14. The lowest BCUT2D eigenvalue weighted by atomic mass is 9.90. The molecule has 2 heterocycles. The van der Waals surface area contributed by atoms with Gasteiger partial charge in [0.05, 0.1) is 11.1 Å². The van der Waals surface area contributed by atoms with E-state index in [1.807, 2.05) is 6.07 Å². The lowest BCUT2D eigenvalue weighted by molar-refractivity contribution is -0.137. The smallest absolute Gasteiger partial charge is 0.371 e. The summed E-state index contributed by atoms with van der Waals surface area (Å²) in [6.07, 6.45) is 2.02. The third-order valence-corrected chi connectivity index (χ3v) is 5.71. The Balaban J connectivity index is 1.47. The van der Waals surface area contributed by atoms with Crippen molar-refractivity contribution in [3.05, 3.63) is 36.0 Å². The van der Waals surface area contributed by atoms with Gasteiger partial charge in [0.1, 0.15) is 0 Å². The van der Waals surface area contributed by atoms with Crippen molar-refractivity contribution in [3.8, 4) is 0 Å². The minimum Gasteiger partial charge on any atom is -0.371 e. The first-order valence-electron chi connectivity index (χ1n) is 9.43. The monoisotopic (exact) mass is 377 g/mol. The fourth-order valence-electron chi connectivity index (χ4n) is 3.84. The molecule has 0 radical (unpaired) electrons. The van der Waals surface area contributed by atoms with Crippen molar-refractivity contribution in [3.63, 3.8) is 0 Å². The van der Waals surface area contributed by atoms with Crippen molar-refractivity contribution in [1.29, 1.82) is 0 Å². The molecule has 27 heavy (non-hydrogen) atoms. The number of carbonyl (C=O) groups is 1. The summed E-state index contributed by atoms with van der Waals surface area (Å²) in [7, 11) is 0. The maximum atomic E-state index is 12.9. The molecule has 1 saturated carbocycles. The van der Waals surface area contributed by atoms with Crippen molar-refractivity contribution in [2.75, 3.05) is 18.0 Å². The molecular formula is C20H22F3N3O. The zero-order valence-corrected chi connectivity index (χ0v) is 14.9. The maximum absolute atomic E-state index is 12.9. The van der Waals surface area contributed by atoms with E-state index in [1.165, 1.54) is 12.5 Å². The average molecular weight is 377 g/mol. The van der Waals surface area contributed by atoms with Crippen molar-refractivity contribution in [2.45, 2.75) is 44.3 Å². The second kappa shape index (κ2) is 7.02. The van der Waals surface area contributed by atoms with Crippen LogP contribution in [0, 0.1) is 5.92 Å². The van der Waals surface area contributed by atoms with Gasteiger partial charge in [-0.1, -0.05) is 6.07 Å². The molecule has 4 rings (SSSR count). The van der Waals surface area contributed by atoms with Crippen LogP contribution in [0.2, 0.25) is 0 Å². The highest BCUT2D eigenvalue weighted by Crippen LogP contribution is 2.34. The number of alkyl halides is 3. The van der Waals surface area contributed by atoms with Crippen LogP contribution in [0.5, 0.6) is 0 Å². The molecule has 1 aliphatic heterocycles. The van der Waals surface area contributed by atoms with Crippen LogP contribution in [0.4, 0.5) is 18.9 Å². The molecule has 0 bridgehead atoms. The molecule has 2 fully saturated rings. The van der Waals surface area contributed by atoms with Gasteiger partial charge in [0.2, 0.25) is 5.91 Å².